The molecule has 358 valence electrons. The molecule has 15 nitrogen and oxygen atoms in total. The maximum Gasteiger partial charge on any atom is 0.407 e. The van der Waals surface area contributed by atoms with Crippen LogP contribution in [0.1, 0.15) is 139 Å². The number of hydrogen-bond acceptors (Lipinski definition) is 8. The Kier molecular flexibility index (Phi) is 13.5. The van der Waals surface area contributed by atoms with E-state index in [4.69, 9.17) is 37.9 Å². The minimum Gasteiger partial charge on any atom is -0.465 e. The van der Waals surface area contributed by atoms with Crippen molar-refractivity contribution < 1.29 is 29.0 Å². The number of likely N-dealkylation sites (tertiary alicyclic amines) is 2. The van der Waals surface area contributed by atoms with Crippen LogP contribution in [0.3, 0.4) is 0 Å². The summed E-state index contributed by atoms with van der Waals surface area (Å²) in [5.74, 6) is 0.481. The first-order chi connectivity index (χ1) is 31.8. The fourth-order valence-electron chi connectivity index (χ4n) is 10.6. The van der Waals surface area contributed by atoms with Gasteiger partial charge in [-0.1, -0.05) is 95.9 Å². The second-order valence-electron chi connectivity index (χ2n) is 20.1. The van der Waals surface area contributed by atoms with Crippen molar-refractivity contribution in [3.05, 3.63) is 86.9 Å². The van der Waals surface area contributed by atoms with E-state index in [1.54, 1.807) is 9.80 Å². The number of anilines is 1. The number of carboxylic acid groups (broad SMARTS) is 1. The average Bonchev–Trinajstić information content (AvgIpc) is 4.14. The second-order valence-corrected chi connectivity index (χ2v) is 20.9. The molecule has 3 fully saturated rings. The van der Waals surface area contributed by atoms with Crippen molar-refractivity contribution in [1.82, 2.24) is 40.0 Å². The van der Waals surface area contributed by atoms with Gasteiger partial charge in [0.15, 0.2) is 0 Å². The van der Waals surface area contributed by atoms with Crippen LogP contribution in [0.4, 0.5) is 15.3 Å². The van der Waals surface area contributed by atoms with Crippen LogP contribution in [-0.4, -0.2) is 103 Å². The van der Waals surface area contributed by atoms with Crippen LogP contribution in [-0.2, 0) is 19.7 Å². The summed E-state index contributed by atoms with van der Waals surface area (Å²) < 4.78 is 4.83. The highest BCUT2D eigenvalue weighted by Crippen LogP contribution is 2.51. The first-order valence-corrected chi connectivity index (χ1v) is 24.2. The molecule has 6 atom stereocenters. The van der Waals surface area contributed by atoms with Crippen LogP contribution in [0, 0.1) is 11.8 Å². The van der Waals surface area contributed by atoms with Crippen molar-refractivity contribution in [2.24, 2.45) is 11.8 Å². The highest BCUT2D eigenvalue weighted by molar-refractivity contribution is 6.36. The predicted molar refractivity (Wildman–Crippen MR) is 261 cm³/mol. The molecule has 3 saturated heterocycles. The number of halogens is 2. The molecule has 4 N–H and O–H groups in total. The maximum absolute atomic E-state index is 14.0. The number of ether oxygens (including phenoxy) is 1. The maximum atomic E-state index is 14.0. The van der Waals surface area contributed by atoms with Gasteiger partial charge in [0, 0.05) is 25.8 Å². The fraction of sp³-hybridized carbons (Fsp3) is 0.520. The molecule has 67 heavy (non-hydrogen) atoms. The number of carbonyl (C=O) groups is 4. The summed E-state index contributed by atoms with van der Waals surface area (Å²) in [5.41, 5.74) is 6.80. The van der Waals surface area contributed by atoms with Gasteiger partial charge in [-0.3, -0.25) is 14.5 Å². The molecule has 0 aliphatic carbocycles. The third-order valence-electron chi connectivity index (χ3n) is 14.1. The van der Waals surface area contributed by atoms with Gasteiger partial charge in [0.25, 0.3) is 0 Å². The summed E-state index contributed by atoms with van der Waals surface area (Å²) in [6.07, 6.45) is 2.69. The first kappa shape index (κ1) is 47.9. The Morgan fingerprint density at radius 3 is 1.67 bits per heavy atom. The van der Waals surface area contributed by atoms with E-state index in [1.807, 2.05) is 39.8 Å². The van der Waals surface area contributed by atoms with Gasteiger partial charge in [-0.25, -0.2) is 19.6 Å². The Morgan fingerprint density at radius 2 is 1.24 bits per heavy atom. The number of imidazole rings is 2. The lowest BCUT2D eigenvalue weighted by Gasteiger charge is -2.34. The number of alkyl carbamates (subject to hydrolysis) is 1. The first-order valence-electron chi connectivity index (χ1n) is 23.5. The lowest BCUT2D eigenvalue weighted by atomic mass is 9.87. The number of amides is 4. The number of benzene rings is 3. The van der Waals surface area contributed by atoms with E-state index in [9.17, 15) is 24.3 Å². The molecule has 3 aliphatic rings. The van der Waals surface area contributed by atoms with Crippen LogP contribution >= 0.6 is 23.2 Å². The lowest BCUT2D eigenvalue weighted by molar-refractivity contribution is -0.138. The Labute approximate surface area is 401 Å². The zero-order valence-corrected chi connectivity index (χ0v) is 41.3. The van der Waals surface area contributed by atoms with E-state index >= 15 is 0 Å². The van der Waals surface area contributed by atoms with E-state index in [0.717, 1.165) is 58.4 Å². The summed E-state index contributed by atoms with van der Waals surface area (Å²) in [6, 6.07) is 14.3. The Hall–Kier alpha value is -5.54. The van der Waals surface area contributed by atoms with Crippen LogP contribution in [0.15, 0.2) is 48.5 Å². The Balaban J connectivity index is 1.13. The standard InChI is InChI=1S/C50H63Cl2N9O6/c1-26(2)40(57-48(64)67-9)46(62)59-24-10-12-36(59)44-53-32-20-18-30(38(51)41(32)55-44)34-22-23-35(61(34)29-16-14-28(15-17-29)50(5,6)7)31-19-21-33-42(39(31)52)56-45(54-33)37-13-11-25-60(37)47(63)43(27(3)4)58(8)49(65)66/h14-21,26-27,34-37,40,43H,10-13,22-25H2,1-9H3,(H,53,55)(H,54,56)(H,57,64)(H,65,66)/t34-,35-,36+,37+,40+,43+/m1/s1. The van der Waals surface area contributed by atoms with Gasteiger partial charge < -0.3 is 39.8 Å². The van der Waals surface area contributed by atoms with E-state index in [2.05, 4.69) is 77.4 Å². The number of hydrogen-bond donors (Lipinski definition) is 4. The van der Waals surface area contributed by atoms with Gasteiger partial charge in [0.2, 0.25) is 11.8 Å². The molecule has 2 aromatic heterocycles. The van der Waals surface area contributed by atoms with Gasteiger partial charge in [-0.2, -0.15) is 0 Å². The summed E-state index contributed by atoms with van der Waals surface area (Å²) >= 11 is 14.9. The highest BCUT2D eigenvalue weighted by Gasteiger charge is 2.42. The zero-order chi connectivity index (χ0) is 48.2. The SMILES string of the molecule is COC(=O)N[C@H](C(=O)N1CCC[C@H]1c1nc2c(Cl)c([C@H]3CC[C@H](c4ccc5[nH]c([C@@H]6CCCN6C(=O)[C@H](C(C)C)N(C)C(=O)O)nc5c4Cl)N3c3ccc(C(C)(C)C)cc3)ccc2[nH]1)C(C)C. The van der Waals surface area contributed by atoms with E-state index in [-0.39, 0.29) is 53.2 Å². The number of H-pyrrole nitrogens is 2. The number of nitrogens with zero attached hydrogens (tertiary/aromatic N) is 6. The Bertz CT molecular complexity index is 2680. The molecule has 0 radical (unpaired) electrons. The number of rotatable bonds is 11. The topological polar surface area (TPSA) is 180 Å². The molecule has 0 unspecified atom stereocenters. The highest BCUT2D eigenvalue weighted by atomic mass is 35.5. The summed E-state index contributed by atoms with van der Waals surface area (Å²) in [5, 5.41) is 13.6. The molecule has 5 heterocycles. The number of nitrogens with one attached hydrogen (secondary N) is 3. The van der Waals surface area contributed by atoms with E-state index in [1.165, 1.54) is 19.7 Å². The number of aromatic nitrogens is 4. The van der Waals surface area contributed by atoms with Gasteiger partial charge in [0.1, 0.15) is 34.8 Å². The van der Waals surface area contributed by atoms with Crippen LogP contribution in [0.2, 0.25) is 10.0 Å². The number of fused-ring (bicyclic) bond motifs is 2. The quantitative estimate of drug-likeness (QED) is 0.100. The van der Waals surface area contributed by atoms with Crippen molar-refractivity contribution in [2.45, 2.75) is 129 Å². The minimum atomic E-state index is -1.15. The molecule has 4 amide bonds. The molecule has 0 bridgehead atoms. The normalized spacial score (nSPS) is 20.9. The molecule has 17 heteroatoms. The predicted octanol–water partition coefficient (Wildman–Crippen LogP) is 10.5. The van der Waals surface area contributed by atoms with Crippen LogP contribution in [0.5, 0.6) is 0 Å². The summed E-state index contributed by atoms with van der Waals surface area (Å²) in [4.78, 5) is 76.3. The monoisotopic (exact) mass is 955 g/mol. The third kappa shape index (κ3) is 9.01. The zero-order valence-electron chi connectivity index (χ0n) is 39.8. The van der Waals surface area contributed by atoms with E-state index < -0.39 is 24.3 Å². The van der Waals surface area contributed by atoms with Crippen molar-refractivity contribution in [1.29, 1.82) is 0 Å². The van der Waals surface area contributed by atoms with Crippen LogP contribution < -0.4 is 10.2 Å². The van der Waals surface area contributed by atoms with E-state index in [0.29, 0.717) is 58.7 Å². The molecule has 3 aromatic carbocycles. The smallest absolute Gasteiger partial charge is 0.407 e. The van der Waals surface area contributed by atoms with Crippen molar-refractivity contribution >= 4 is 75.0 Å². The number of methoxy groups -OCH3 is 1. The minimum absolute atomic E-state index is 0.0468. The van der Waals surface area contributed by atoms with Gasteiger partial charge in [0.05, 0.1) is 52.4 Å². The van der Waals surface area contributed by atoms with Crippen molar-refractivity contribution in [3.63, 3.8) is 0 Å². The molecule has 0 saturated carbocycles. The Morgan fingerprint density at radius 1 is 0.746 bits per heavy atom. The average molecular weight is 957 g/mol. The fourth-order valence-corrected chi connectivity index (χ4v) is 11.3. The molecule has 0 spiro atoms. The largest absolute Gasteiger partial charge is 0.465 e. The van der Waals surface area contributed by atoms with Gasteiger partial charge in [-0.15, -0.1) is 0 Å². The lowest BCUT2D eigenvalue weighted by Crippen LogP contribution is -2.51. The number of aromatic amines is 2. The van der Waals surface area contributed by atoms with Crippen molar-refractivity contribution in [3.8, 4) is 0 Å². The molecular formula is C50H63Cl2N9O6. The van der Waals surface area contributed by atoms with Crippen molar-refractivity contribution in [2.75, 3.05) is 32.1 Å². The second kappa shape index (κ2) is 18.9. The van der Waals surface area contributed by atoms with Crippen LogP contribution in [0.25, 0.3) is 22.1 Å². The third-order valence-corrected chi connectivity index (χ3v) is 14.9. The molecule has 8 rings (SSSR count). The number of carbonyl (C=O) groups excluding carboxylic acids is 3. The molecular weight excluding hydrogens is 894 g/mol. The summed E-state index contributed by atoms with van der Waals surface area (Å²) in [7, 11) is 2.73. The van der Waals surface area contributed by atoms with Gasteiger partial charge >= 0.3 is 12.2 Å². The van der Waals surface area contributed by atoms with Gasteiger partial charge in [-0.05, 0) is 96.7 Å². The molecule has 3 aliphatic heterocycles. The number of likely N-dealkylation sites (N-methyl/N-ethyl adjacent to an activating group) is 1. The molecule has 5 aromatic rings. The summed E-state index contributed by atoms with van der Waals surface area (Å²) in [6.45, 7) is 15.1.